The first-order valence-electron chi connectivity index (χ1n) is 6.55. The van der Waals surface area contributed by atoms with E-state index in [1.165, 1.54) is 26.9 Å². The van der Waals surface area contributed by atoms with Crippen molar-refractivity contribution in [2.75, 3.05) is 0 Å². The number of nitrogens with two attached hydrogens (primary N) is 1. The average Bonchev–Trinajstić information content (AvgIpc) is 3.02. The summed E-state index contributed by atoms with van der Waals surface area (Å²) in [5.74, 6) is 0. The van der Waals surface area contributed by atoms with Crippen LogP contribution in [0.2, 0.25) is 0 Å². The highest BCUT2D eigenvalue weighted by Crippen LogP contribution is 2.40. The van der Waals surface area contributed by atoms with Crippen LogP contribution in [0.4, 0.5) is 0 Å². The number of hydrogen-bond acceptors (Lipinski definition) is 4. The first-order valence-corrected chi connectivity index (χ1v) is 8.24. The Labute approximate surface area is 119 Å². The molecule has 0 saturated carbocycles. The van der Waals surface area contributed by atoms with Crippen molar-refractivity contribution in [1.29, 1.82) is 0 Å². The fraction of sp³-hybridized carbons (Fsp3) is 0.267. The van der Waals surface area contributed by atoms with E-state index in [2.05, 4.69) is 29.6 Å². The summed E-state index contributed by atoms with van der Waals surface area (Å²) in [5.41, 5.74) is 8.58. The van der Waals surface area contributed by atoms with E-state index in [0.29, 0.717) is 0 Å². The second-order valence-electron chi connectivity index (χ2n) is 4.97. The van der Waals surface area contributed by atoms with Gasteiger partial charge in [0.25, 0.3) is 0 Å². The number of aromatic nitrogens is 1. The van der Waals surface area contributed by atoms with Crippen LogP contribution in [0.5, 0.6) is 0 Å². The highest BCUT2D eigenvalue weighted by molar-refractivity contribution is 7.19. The van der Waals surface area contributed by atoms with Crippen LogP contribution in [0.15, 0.2) is 29.6 Å². The topological polar surface area (TPSA) is 38.9 Å². The first kappa shape index (κ1) is 11.6. The maximum absolute atomic E-state index is 6.17. The van der Waals surface area contributed by atoms with Gasteiger partial charge in [0.15, 0.2) is 0 Å². The van der Waals surface area contributed by atoms with Gasteiger partial charge in [0.05, 0.1) is 5.69 Å². The predicted molar refractivity (Wildman–Crippen MR) is 82.8 cm³/mol. The van der Waals surface area contributed by atoms with E-state index in [0.717, 1.165) is 23.5 Å². The molecule has 0 aliphatic heterocycles. The lowest BCUT2D eigenvalue weighted by Gasteiger charge is -2.15. The third kappa shape index (κ3) is 1.83. The molecule has 0 spiro atoms. The minimum absolute atomic E-state index is 0.138. The van der Waals surface area contributed by atoms with Gasteiger partial charge in [-0.1, -0.05) is 18.2 Å². The van der Waals surface area contributed by atoms with Crippen molar-refractivity contribution in [3.8, 4) is 10.6 Å². The van der Waals surface area contributed by atoms with Gasteiger partial charge in [-0.25, -0.2) is 4.98 Å². The summed E-state index contributed by atoms with van der Waals surface area (Å²) in [6, 6.07) is 8.67. The molecule has 4 rings (SSSR count). The van der Waals surface area contributed by atoms with E-state index in [4.69, 9.17) is 10.7 Å². The number of thiazole rings is 1. The Kier molecular flexibility index (Phi) is 2.69. The molecular formula is C15H14N2S2. The quantitative estimate of drug-likeness (QED) is 0.722. The van der Waals surface area contributed by atoms with Crippen LogP contribution in [-0.4, -0.2) is 4.98 Å². The first-order chi connectivity index (χ1) is 9.33. The molecule has 1 unspecified atom stereocenters. The van der Waals surface area contributed by atoms with Crippen LogP contribution in [-0.2, 0) is 6.42 Å². The monoisotopic (exact) mass is 286 g/mol. The van der Waals surface area contributed by atoms with Gasteiger partial charge >= 0.3 is 0 Å². The SMILES string of the molecule is NC1CCCc2sc(-c3csc4ccccc34)nc21. The van der Waals surface area contributed by atoms with E-state index in [9.17, 15) is 0 Å². The highest BCUT2D eigenvalue weighted by Gasteiger charge is 2.23. The van der Waals surface area contributed by atoms with Gasteiger partial charge in [-0.05, 0) is 25.3 Å². The van der Waals surface area contributed by atoms with Crippen LogP contribution < -0.4 is 5.73 Å². The Morgan fingerprint density at radius 3 is 3.05 bits per heavy atom. The van der Waals surface area contributed by atoms with Crippen molar-refractivity contribution < 1.29 is 0 Å². The molecule has 2 aromatic heterocycles. The van der Waals surface area contributed by atoms with Crippen molar-refractivity contribution >= 4 is 32.8 Å². The van der Waals surface area contributed by atoms with Gasteiger partial charge in [-0.2, -0.15) is 0 Å². The average molecular weight is 286 g/mol. The number of aryl methyl sites for hydroxylation is 1. The van der Waals surface area contributed by atoms with Crippen LogP contribution in [0.1, 0.15) is 29.5 Å². The second-order valence-corrected chi connectivity index (χ2v) is 6.97. The molecule has 3 aromatic rings. The lowest BCUT2D eigenvalue weighted by Crippen LogP contribution is -2.16. The maximum atomic E-state index is 6.17. The minimum atomic E-state index is 0.138. The molecule has 2 nitrogen and oxygen atoms in total. The molecule has 0 amide bonds. The van der Waals surface area contributed by atoms with Crippen molar-refractivity contribution in [2.24, 2.45) is 5.73 Å². The normalized spacial score (nSPS) is 18.7. The predicted octanol–water partition coefficient (Wildman–Crippen LogP) is 4.36. The lowest BCUT2D eigenvalue weighted by atomic mass is 9.99. The summed E-state index contributed by atoms with van der Waals surface area (Å²) in [7, 11) is 0. The van der Waals surface area contributed by atoms with Crippen LogP contribution >= 0.6 is 22.7 Å². The summed E-state index contributed by atoms with van der Waals surface area (Å²) in [4.78, 5) is 6.22. The minimum Gasteiger partial charge on any atom is -0.323 e. The number of rotatable bonds is 1. The fourth-order valence-corrected chi connectivity index (χ4v) is 4.93. The Morgan fingerprint density at radius 1 is 1.26 bits per heavy atom. The molecule has 19 heavy (non-hydrogen) atoms. The molecule has 0 radical (unpaired) electrons. The third-order valence-electron chi connectivity index (χ3n) is 3.71. The zero-order valence-electron chi connectivity index (χ0n) is 10.4. The molecule has 0 bridgehead atoms. The van der Waals surface area contributed by atoms with Gasteiger partial charge in [-0.3, -0.25) is 0 Å². The fourth-order valence-electron chi connectivity index (χ4n) is 2.71. The molecule has 2 heterocycles. The molecule has 96 valence electrons. The van der Waals surface area contributed by atoms with E-state index < -0.39 is 0 Å². The Morgan fingerprint density at radius 2 is 2.16 bits per heavy atom. The van der Waals surface area contributed by atoms with E-state index in [1.807, 2.05) is 11.3 Å². The molecule has 1 aliphatic carbocycles. The van der Waals surface area contributed by atoms with Crippen LogP contribution in [0, 0.1) is 0 Å². The van der Waals surface area contributed by atoms with Crippen LogP contribution in [0.25, 0.3) is 20.7 Å². The molecule has 0 fully saturated rings. The molecule has 4 heteroatoms. The van der Waals surface area contributed by atoms with E-state index in [-0.39, 0.29) is 6.04 Å². The highest BCUT2D eigenvalue weighted by atomic mass is 32.1. The third-order valence-corrected chi connectivity index (χ3v) is 5.84. The summed E-state index contributed by atoms with van der Waals surface area (Å²) in [6.07, 6.45) is 3.41. The number of fused-ring (bicyclic) bond motifs is 2. The number of benzene rings is 1. The molecule has 1 aromatic carbocycles. The molecule has 2 N–H and O–H groups in total. The molecule has 1 atom stereocenters. The number of nitrogens with zero attached hydrogens (tertiary/aromatic N) is 1. The summed E-state index contributed by atoms with van der Waals surface area (Å²) in [6.45, 7) is 0. The Bertz CT molecular complexity index is 742. The lowest BCUT2D eigenvalue weighted by molar-refractivity contribution is 0.564. The standard InChI is InChI=1S/C15H14N2S2/c16-11-5-3-7-13-14(11)17-15(19-13)10-8-18-12-6-2-1-4-9(10)12/h1-2,4,6,8,11H,3,5,7,16H2. The Hall–Kier alpha value is -1.23. The zero-order valence-corrected chi connectivity index (χ0v) is 12.1. The molecule has 0 saturated heterocycles. The molecule has 1 aliphatic rings. The van der Waals surface area contributed by atoms with Crippen molar-refractivity contribution in [3.05, 3.63) is 40.2 Å². The number of thiophene rings is 1. The largest absolute Gasteiger partial charge is 0.323 e. The Balaban J connectivity index is 1.89. The summed E-state index contributed by atoms with van der Waals surface area (Å²) < 4.78 is 1.33. The number of hydrogen-bond donors (Lipinski definition) is 1. The van der Waals surface area contributed by atoms with Crippen LogP contribution in [0.3, 0.4) is 0 Å². The molecular weight excluding hydrogens is 272 g/mol. The van der Waals surface area contributed by atoms with Crippen molar-refractivity contribution in [1.82, 2.24) is 4.98 Å². The van der Waals surface area contributed by atoms with E-state index in [1.54, 1.807) is 11.3 Å². The summed E-state index contributed by atoms with van der Waals surface area (Å²) in [5, 5.41) is 4.67. The van der Waals surface area contributed by atoms with Gasteiger partial charge in [-0.15, -0.1) is 22.7 Å². The maximum Gasteiger partial charge on any atom is 0.125 e. The van der Waals surface area contributed by atoms with Gasteiger partial charge in [0.1, 0.15) is 5.01 Å². The van der Waals surface area contributed by atoms with Gasteiger partial charge in [0, 0.05) is 31.9 Å². The van der Waals surface area contributed by atoms with Crippen molar-refractivity contribution in [3.63, 3.8) is 0 Å². The van der Waals surface area contributed by atoms with Gasteiger partial charge < -0.3 is 5.73 Å². The zero-order chi connectivity index (χ0) is 12.8. The smallest absolute Gasteiger partial charge is 0.125 e. The van der Waals surface area contributed by atoms with E-state index >= 15 is 0 Å². The van der Waals surface area contributed by atoms with Crippen molar-refractivity contribution in [2.45, 2.75) is 25.3 Å². The van der Waals surface area contributed by atoms with Gasteiger partial charge in [0.2, 0.25) is 0 Å². The summed E-state index contributed by atoms with van der Waals surface area (Å²) >= 11 is 3.62. The second kappa shape index (κ2) is 4.40.